The minimum Gasteiger partial charge on any atom is -0.466 e. The number of aromatic amines is 1. The average molecular weight is 519 g/mol. The number of thioether (sulfide) groups is 1. The van der Waals surface area contributed by atoms with Gasteiger partial charge in [0.2, 0.25) is 0 Å². The summed E-state index contributed by atoms with van der Waals surface area (Å²) in [5.74, 6) is 0.967. The number of hydrogen-bond acceptors (Lipinski definition) is 7. The average Bonchev–Trinajstić information content (AvgIpc) is 3.51. The van der Waals surface area contributed by atoms with Crippen molar-refractivity contribution in [2.24, 2.45) is 10.9 Å². The third kappa shape index (κ3) is 6.16. The molecular weight excluding hydrogens is 484 g/mol. The first-order valence-corrected chi connectivity index (χ1v) is 14.2. The molecule has 0 spiro atoms. The topological polar surface area (TPSA) is 79.0 Å². The molecule has 2 fully saturated rings. The Hall–Kier alpha value is -1.74. The Balaban J connectivity index is 1.22. The number of nitrogens with one attached hydrogen (secondary N) is 2. The SMILES string of the molecule is CCOC(=O)C1CCCN(CCC2CSC(c3cc4cc(Cl)cc(NC5CCOCC5)c4[nH]3)=N2)C1. The molecule has 2 aromatic rings. The summed E-state index contributed by atoms with van der Waals surface area (Å²) >= 11 is 8.27. The number of anilines is 1. The van der Waals surface area contributed by atoms with Crippen LogP contribution in [0.5, 0.6) is 0 Å². The summed E-state index contributed by atoms with van der Waals surface area (Å²) in [7, 11) is 0. The number of H-pyrrole nitrogens is 1. The molecule has 190 valence electrons. The number of halogens is 1. The van der Waals surface area contributed by atoms with Gasteiger partial charge in [0.1, 0.15) is 5.04 Å². The number of piperidine rings is 1. The maximum atomic E-state index is 12.1. The van der Waals surface area contributed by atoms with Crippen LogP contribution >= 0.6 is 23.4 Å². The van der Waals surface area contributed by atoms with Crippen LogP contribution in [0.25, 0.3) is 10.9 Å². The Kier molecular flexibility index (Phi) is 8.22. The lowest BCUT2D eigenvalue weighted by atomic mass is 9.98. The van der Waals surface area contributed by atoms with Crippen molar-refractivity contribution in [3.8, 4) is 0 Å². The number of fused-ring (bicyclic) bond motifs is 1. The number of carbonyl (C=O) groups excluding carboxylic acids is 1. The van der Waals surface area contributed by atoms with Crippen molar-refractivity contribution in [2.75, 3.05) is 50.5 Å². The molecule has 2 saturated heterocycles. The van der Waals surface area contributed by atoms with E-state index in [1.165, 1.54) is 0 Å². The van der Waals surface area contributed by atoms with Crippen molar-refractivity contribution in [3.05, 3.63) is 28.9 Å². The predicted octanol–water partition coefficient (Wildman–Crippen LogP) is 4.94. The maximum Gasteiger partial charge on any atom is 0.310 e. The molecule has 7 nitrogen and oxygen atoms in total. The molecule has 0 radical (unpaired) electrons. The van der Waals surface area contributed by atoms with E-state index in [9.17, 15) is 4.79 Å². The Morgan fingerprint density at radius 3 is 3.00 bits per heavy atom. The molecule has 0 amide bonds. The van der Waals surface area contributed by atoms with Crippen LogP contribution in [-0.2, 0) is 14.3 Å². The molecule has 2 unspecified atom stereocenters. The fraction of sp³-hybridized carbons (Fsp3) is 0.615. The van der Waals surface area contributed by atoms with Crippen LogP contribution in [0.3, 0.4) is 0 Å². The first kappa shape index (κ1) is 24.9. The van der Waals surface area contributed by atoms with Gasteiger partial charge in [-0.1, -0.05) is 11.6 Å². The molecule has 2 atom stereocenters. The van der Waals surface area contributed by atoms with Gasteiger partial charge in [-0.3, -0.25) is 9.79 Å². The fourth-order valence-corrected chi connectivity index (χ4v) is 6.56. The van der Waals surface area contributed by atoms with Crippen molar-refractivity contribution in [3.63, 3.8) is 0 Å². The number of carbonyl (C=O) groups is 1. The van der Waals surface area contributed by atoms with E-state index in [0.717, 1.165) is 103 Å². The van der Waals surface area contributed by atoms with Gasteiger partial charge >= 0.3 is 5.97 Å². The molecule has 9 heteroatoms. The van der Waals surface area contributed by atoms with Crippen molar-refractivity contribution in [2.45, 2.75) is 51.1 Å². The van der Waals surface area contributed by atoms with Gasteiger partial charge in [-0.15, -0.1) is 11.8 Å². The summed E-state index contributed by atoms with van der Waals surface area (Å²) in [5, 5.41) is 6.58. The third-order valence-electron chi connectivity index (χ3n) is 7.12. The van der Waals surface area contributed by atoms with Gasteiger partial charge in [0.25, 0.3) is 0 Å². The fourth-order valence-electron chi connectivity index (χ4n) is 5.25. The molecule has 1 aromatic carbocycles. The second kappa shape index (κ2) is 11.5. The minimum atomic E-state index is -0.0430. The molecular formula is C26H35ClN4O3S. The van der Waals surface area contributed by atoms with Crippen LogP contribution in [0.4, 0.5) is 5.69 Å². The molecule has 0 bridgehead atoms. The number of aliphatic imine (C=N–C) groups is 1. The second-order valence-electron chi connectivity index (χ2n) is 9.71. The highest BCUT2D eigenvalue weighted by Crippen LogP contribution is 2.33. The van der Waals surface area contributed by atoms with Crippen LogP contribution < -0.4 is 5.32 Å². The normalized spacial score (nSPS) is 24.0. The van der Waals surface area contributed by atoms with Gasteiger partial charge < -0.3 is 24.7 Å². The van der Waals surface area contributed by atoms with Gasteiger partial charge in [-0.2, -0.15) is 0 Å². The number of rotatable bonds is 8. The quantitative estimate of drug-likeness (QED) is 0.482. The Bertz CT molecular complexity index is 1070. The third-order valence-corrected chi connectivity index (χ3v) is 8.49. The van der Waals surface area contributed by atoms with Gasteiger partial charge in [0.05, 0.1) is 35.5 Å². The maximum absolute atomic E-state index is 12.1. The Labute approximate surface area is 216 Å². The smallest absolute Gasteiger partial charge is 0.310 e. The molecule has 0 aliphatic carbocycles. The van der Waals surface area contributed by atoms with E-state index in [4.69, 9.17) is 26.1 Å². The lowest BCUT2D eigenvalue weighted by Gasteiger charge is -2.31. The van der Waals surface area contributed by atoms with Crippen LogP contribution in [-0.4, -0.2) is 78.2 Å². The largest absolute Gasteiger partial charge is 0.466 e. The molecule has 5 rings (SSSR count). The van der Waals surface area contributed by atoms with Gasteiger partial charge in [-0.05, 0) is 63.8 Å². The first-order valence-electron chi connectivity index (χ1n) is 12.9. The molecule has 1 aromatic heterocycles. The zero-order valence-electron chi connectivity index (χ0n) is 20.4. The van der Waals surface area contributed by atoms with E-state index >= 15 is 0 Å². The number of nitrogens with zero attached hydrogens (tertiary/aromatic N) is 2. The van der Waals surface area contributed by atoms with E-state index in [1.807, 2.05) is 30.8 Å². The number of benzene rings is 1. The summed E-state index contributed by atoms with van der Waals surface area (Å²) < 4.78 is 10.7. The van der Waals surface area contributed by atoms with Crippen molar-refractivity contribution < 1.29 is 14.3 Å². The molecule has 4 heterocycles. The van der Waals surface area contributed by atoms with Crippen molar-refractivity contribution >= 4 is 51.0 Å². The van der Waals surface area contributed by atoms with Crippen LogP contribution in [0.2, 0.25) is 5.02 Å². The zero-order chi connectivity index (χ0) is 24.2. The van der Waals surface area contributed by atoms with Gasteiger partial charge in [0, 0.05) is 48.5 Å². The second-order valence-corrected chi connectivity index (χ2v) is 11.2. The number of hydrogen-bond donors (Lipinski definition) is 2. The van der Waals surface area contributed by atoms with Crippen molar-refractivity contribution in [1.29, 1.82) is 0 Å². The highest BCUT2D eigenvalue weighted by Gasteiger charge is 2.28. The summed E-state index contributed by atoms with van der Waals surface area (Å²) in [6.07, 6.45) is 5.01. The number of esters is 1. The number of aromatic nitrogens is 1. The zero-order valence-corrected chi connectivity index (χ0v) is 21.9. The Morgan fingerprint density at radius 1 is 1.31 bits per heavy atom. The van der Waals surface area contributed by atoms with E-state index < -0.39 is 0 Å². The number of likely N-dealkylation sites (tertiary alicyclic amines) is 1. The monoisotopic (exact) mass is 518 g/mol. The molecule has 3 aliphatic heterocycles. The lowest BCUT2D eigenvalue weighted by molar-refractivity contribution is -0.149. The number of ether oxygens (including phenoxy) is 2. The highest BCUT2D eigenvalue weighted by atomic mass is 35.5. The van der Waals surface area contributed by atoms with E-state index in [0.29, 0.717) is 18.7 Å². The standard InChI is InChI=1S/C26H35ClN4O3S/c1-2-34-26(32)17-4-3-8-31(15-17)9-5-21-16-35-25(29-21)23-13-18-12-19(27)14-22(24(18)30-23)28-20-6-10-33-11-7-20/h12-14,17,20-21,28,30H,2-11,15-16H2,1H3. The highest BCUT2D eigenvalue weighted by molar-refractivity contribution is 8.14. The van der Waals surface area contributed by atoms with E-state index in [1.54, 1.807) is 0 Å². The molecule has 0 saturated carbocycles. The van der Waals surface area contributed by atoms with Gasteiger partial charge in [-0.25, -0.2) is 0 Å². The summed E-state index contributed by atoms with van der Waals surface area (Å²) in [5.41, 5.74) is 3.19. The summed E-state index contributed by atoms with van der Waals surface area (Å²) in [4.78, 5) is 23.2. The summed E-state index contributed by atoms with van der Waals surface area (Å²) in [6.45, 7) is 6.76. The predicted molar refractivity (Wildman–Crippen MR) is 144 cm³/mol. The van der Waals surface area contributed by atoms with Crippen molar-refractivity contribution in [1.82, 2.24) is 9.88 Å². The minimum absolute atomic E-state index is 0.0165. The van der Waals surface area contributed by atoms with Crippen LogP contribution in [0, 0.1) is 5.92 Å². The summed E-state index contributed by atoms with van der Waals surface area (Å²) in [6, 6.07) is 6.89. The Morgan fingerprint density at radius 2 is 2.17 bits per heavy atom. The van der Waals surface area contributed by atoms with Gasteiger partial charge in [0.15, 0.2) is 0 Å². The van der Waals surface area contributed by atoms with Crippen LogP contribution in [0.15, 0.2) is 23.2 Å². The molecule has 35 heavy (non-hydrogen) atoms. The van der Waals surface area contributed by atoms with E-state index in [-0.39, 0.29) is 11.9 Å². The molecule has 2 N–H and O–H groups in total. The first-order chi connectivity index (χ1) is 17.1. The molecule has 3 aliphatic rings. The lowest BCUT2D eigenvalue weighted by Crippen LogP contribution is -2.40. The van der Waals surface area contributed by atoms with Crippen LogP contribution in [0.1, 0.15) is 44.7 Å². The van der Waals surface area contributed by atoms with E-state index in [2.05, 4.69) is 21.3 Å².